The number of carbonyl (C=O) groups is 1. The van der Waals surface area contributed by atoms with E-state index in [9.17, 15) is 4.79 Å². The van der Waals surface area contributed by atoms with Gasteiger partial charge in [-0.2, -0.15) is 0 Å². The molecule has 26 heavy (non-hydrogen) atoms. The minimum Gasteiger partial charge on any atom is -0.493 e. The smallest absolute Gasteiger partial charge is 0.259 e. The van der Waals surface area contributed by atoms with Crippen LogP contribution < -0.4 is 14.4 Å². The average Bonchev–Trinajstić information content (AvgIpc) is 3.27. The molecule has 1 amide bonds. The lowest BCUT2D eigenvalue weighted by Gasteiger charge is -2.24. The summed E-state index contributed by atoms with van der Waals surface area (Å²) in [6.07, 6.45) is 5.06. The van der Waals surface area contributed by atoms with E-state index in [1.807, 2.05) is 47.4 Å². The fourth-order valence-electron chi connectivity index (χ4n) is 4.15. The third-order valence-corrected chi connectivity index (χ3v) is 5.62. The highest BCUT2D eigenvalue weighted by Crippen LogP contribution is 2.40. The molecule has 2 aromatic rings. The standard InChI is InChI=1S/C22H25NO3/c1-15-18-9-5-6-10-19(18)22(24)23(15)17-11-12-20(25-2)21(13-17)26-14-16-7-3-4-8-16/h5-6,9-13,15-16H,3-4,7-8,14H2,1-2H3. The summed E-state index contributed by atoms with van der Waals surface area (Å²) in [5, 5.41) is 0. The summed E-state index contributed by atoms with van der Waals surface area (Å²) in [5.41, 5.74) is 2.70. The van der Waals surface area contributed by atoms with Crippen LogP contribution in [0.25, 0.3) is 0 Å². The molecule has 1 aliphatic carbocycles. The maximum absolute atomic E-state index is 12.9. The van der Waals surface area contributed by atoms with Crippen molar-refractivity contribution < 1.29 is 14.3 Å². The molecule has 1 aliphatic heterocycles. The van der Waals surface area contributed by atoms with Crippen molar-refractivity contribution in [1.29, 1.82) is 0 Å². The molecule has 2 aromatic carbocycles. The summed E-state index contributed by atoms with van der Waals surface area (Å²) in [7, 11) is 1.65. The van der Waals surface area contributed by atoms with Crippen LogP contribution in [-0.2, 0) is 0 Å². The summed E-state index contributed by atoms with van der Waals surface area (Å²) < 4.78 is 11.6. The van der Waals surface area contributed by atoms with E-state index in [0.29, 0.717) is 24.0 Å². The van der Waals surface area contributed by atoms with Gasteiger partial charge in [-0.3, -0.25) is 4.79 Å². The van der Waals surface area contributed by atoms with Crippen LogP contribution in [0.1, 0.15) is 54.6 Å². The Kier molecular flexibility index (Phi) is 4.58. The molecule has 1 heterocycles. The largest absolute Gasteiger partial charge is 0.493 e. The van der Waals surface area contributed by atoms with Gasteiger partial charge in [0.1, 0.15) is 0 Å². The lowest BCUT2D eigenvalue weighted by atomic mass is 10.1. The summed E-state index contributed by atoms with van der Waals surface area (Å²) >= 11 is 0. The molecule has 0 saturated heterocycles. The summed E-state index contributed by atoms with van der Waals surface area (Å²) in [4.78, 5) is 14.7. The van der Waals surface area contributed by atoms with Crippen LogP contribution in [0.15, 0.2) is 42.5 Å². The molecule has 1 atom stereocenters. The van der Waals surface area contributed by atoms with Gasteiger partial charge in [-0.05, 0) is 49.4 Å². The van der Waals surface area contributed by atoms with Gasteiger partial charge in [0.05, 0.1) is 19.8 Å². The SMILES string of the molecule is COc1ccc(N2C(=O)c3ccccc3C2C)cc1OCC1CCCC1. The lowest BCUT2D eigenvalue weighted by molar-refractivity contribution is 0.0992. The van der Waals surface area contributed by atoms with Gasteiger partial charge in [-0.1, -0.05) is 31.0 Å². The molecule has 1 unspecified atom stereocenters. The fraction of sp³-hybridized carbons (Fsp3) is 0.409. The monoisotopic (exact) mass is 351 g/mol. The molecule has 4 rings (SSSR count). The van der Waals surface area contributed by atoms with Crippen LogP contribution in [0, 0.1) is 5.92 Å². The van der Waals surface area contributed by atoms with Gasteiger partial charge in [0.25, 0.3) is 5.91 Å². The predicted molar refractivity (Wildman–Crippen MR) is 102 cm³/mol. The Morgan fingerprint density at radius 1 is 1.08 bits per heavy atom. The van der Waals surface area contributed by atoms with Crippen molar-refractivity contribution in [1.82, 2.24) is 0 Å². The Balaban J connectivity index is 1.61. The molecule has 4 heteroatoms. The number of anilines is 1. The Hall–Kier alpha value is -2.49. The maximum atomic E-state index is 12.9. The van der Waals surface area contributed by atoms with Crippen molar-refractivity contribution in [2.24, 2.45) is 5.92 Å². The zero-order valence-corrected chi connectivity index (χ0v) is 15.4. The molecule has 2 aliphatic rings. The van der Waals surface area contributed by atoms with Gasteiger partial charge in [0.15, 0.2) is 11.5 Å². The van der Waals surface area contributed by atoms with Crippen LogP contribution >= 0.6 is 0 Å². The Morgan fingerprint density at radius 3 is 2.58 bits per heavy atom. The molecule has 136 valence electrons. The summed E-state index contributed by atoms with van der Waals surface area (Å²) in [6, 6.07) is 13.6. The quantitative estimate of drug-likeness (QED) is 0.762. The second-order valence-corrected chi connectivity index (χ2v) is 7.24. The number of hydrogen-bond donors (Lipinski definition) is 0. The molecule has 0 radical (unpaired) electrons. The highest BCUT2D eigenvalue weighted by Gasteiger charge is 2.34. The maximum Gasteiger partial charge on any atom is 0.259 e. The van der Waals surface area contributed by atoms with Crippen LogP contribution in [0.3, 0.4) is 0 Å². The van der Waals surface area contributed by atoms with Gasteiger partial charge in [-0.15, -0.1) is 0 Å². The van der Waals surface area contributed by atoms with E-state index in [0.717, 1.165) is 16.8 Å². The zero-order chi connectivity index (χ0) is 18.1. The number of amides is 1. The number of nitrogens with zero attached hydrogens (tertiary/aromatic N) is 1. The minimum atomic E-state index is 0.00905. The number of rotatable bonds is 5. The minimum absolute atomic E-state index is 0.00905. The molecular weight excluding hydrogens is 326 g/mol. The molecule has 1 fully saturated rings. The van der Waals surface area contributed by atoms with Gasteiger partial charge in [0.2, 0.25) is 0 Å². The Morgan fingerprint density at radius 2 is 1.85 bits per heavy atom. The topological polar surface area (TPSA) is 38.8 Å². The van der Waals surface area contributed by atoms with Gasteiger partial charge in [-0.25, -0.2) is 0 Å². The third kappa shape index (κ3) is 2.94. The molecule has 0 aromatic heterocycles. The zero-order valence-electron chi connectivity index (χ0n) is 15.4. The first-order chi connectivity index (χ1) is 12.7. The van der Waals surface area contributed by atoms with Crippen molar-refractivity contribution in [3.63, 3.8) is 0 Å². The molecule has 0 N–H and O–H groups in total. The van der Waals surface area contributed by atoms with Crippen molar-refractivity contribution in [3.8, 4) is 11.5 Å². The lowest BCUT2D eigenvalue weighted by Crippen LogP contribution is -2.26. The van der Waals surface area contributed by atoms with E-state index in [-0.39, 0.29) is 11.9 Å². The fourth-order valence-corrected chi connectivity index (χ4v) is 4.15. The average molecular weight is 351 g/mol. The highest BCUT2D eigenvalue weighted by atomic mass is 16.5. The Labute approximate surface area is 154 Å². The normalized spacial score (nSPS) is 19.7. The summed E-state index contributed by atoms with van der Waals surface area (Å²) in [5.74, 6) is 2.09. The number of benzene rings is 2. The first-order valence-electron chi connectivity index (χ1n) is 9.42. The second-order valence-electron chi connectivity index (χ2n) is 7.24. The number of carbonyl (C=O) groups excluding carboxylic acids is 1. The van der Waals surface area contributed by atoms with Crippen LogP contribution in [-0.4, -0.2) is 19.6 Å². The predicted octanol–water partition coefficient (Wildman–Crippen LogP) is 4.99. The van der Waals surface area contributed by atoms with Crippen LogP contribution in [0.4, 0.5) is 5.69 Å². The molecular formula is C22H25NO3. The van der Waals surface area contributed by atoms with Crippen LogP contribution in [0.2, 0.25) is 0 Å². The highest BCUT2D eigenvalue weighted by molar-refractivity contribution is 6.11. The van der Waals surface area contributed by atoms with Crippen molar-refractivity contribution in [2.45, 2.75) is 38.6 Å². The molecule has 4 nitrogen and oxygen atoms in total. The molecule has 1 saturated carbocycles. The number of fused-ring (bicyclic) bond motifs is 1. The third-order valence-electron chi connectivity index (χ3n) is 5.62. The molecule has 0 bridgehead atoms. The first kappa shape index (κ1) is 17.0. The van der Waals surface area contributed by atoms with E-state index < -0.39 is 0 Å². The van der Waals surface area contributed by atoms with Crippen molar-refractivity contribution in [2.75, 3.05) is 18.6 Å². The van der Waals surface area contributed by atoms with E-state index in [1.165, 1.54) is 25.7 Å². The van der Waals surface area contributed by atoms with Crippen LogP contribution in [0.5, 0.6) is 11.5 Å². The van der Waals surface area contributed by atoms with Gasteiger partial charge >= 0.3 is 0 Å². The van der Waals surface area contributed by atoms with E-state index in [1.54, 1.807) is 7.11 Å². The van der Waals surface area contributed by atoms with E-state index >= 15 is 0 Å². The first-order valence-corrected chi connectivity index (χ1v) is 9.42. The van der Waals surface area contributed by atoms with Crippen molar-refractivity contribution in [3.05, 3.63) is 53.6 Å². The van der Waals surface area contributed by atoms with E-state index in [4.69, 9.17) is 9.47 Å². The van der Waals surface area contributed by atoms with E-state index in [2.05, 4.69) is 6.92 Å². The Bertz CT molecular complexity index is 811. The van der Waals surface area contributed by atoms with Crippen molar-refractivity contribution >= 4 is 11.6 Å². The number of hydrogen-bond acceptors (Lipinski definition) is 3. The summed E-state index contributed by atoms with van der Waals surface area (Å²) in [6.45, 7) is 2.77. The number of methoxy groups -OCH3 is 1. The van der Waals surface area contributed by atoms with Gasteiger partial charge in [0, 0.05) is 17.3 Å². The molecule has 0 spiro atoms. The number of ether oxygens (including phenoxy) is 2. The second kappa shape index (κ2) is 7.02. The van der Waals surface area contributed by atoms with Gasteiger partial charge < -0.3 is 14.4 Å².